The Hall–Kier alpha value is -2.75. The molecule has 2 aromatic rings. The van der Waals surface area contributed by atoms with Gasteiger partial charge in [0.15, 0.2) is 0 Å². The number of amides is 1. The van der Waals surface area contributed by atoms with Crippen molar-refractivity contribution in [3.8, 4) is 5.75 Å². The molecular formula is C24H30N2O2. The molecule has 148 valence electrons. The monoisotopic (exact) mass is 378 g/mol. The summed E-state index contributed by atoms with van der Waals surface area (Å²) in [6.45, 7) is 6.58. The predicted octanol–water partition coefficient (Wildman–Crippen LogP) is 4.82. The van der Waals surface area contributed by atoms with Gasteiger partial charge in [0.25, 0.3) is 0 Å². The highest BCUT2D eigenvalue weighted by Gasteiger charge is 2.17. The summed E-state index contributed by atoms with van der Waals surface area (Å²) in [6.07, 6.45) is 5.91. The summed E-state index contributed by atoms with van der Waals surface area (Å²) >= 11 is 0. The van der Waals surface area contributed by atoms with Gasteiger partial charge in [-0.05, 0) is 55.5 Å². The maximum Gasteiger partial charge on any atom is 0.244 e. The largest absolute Gasteiger partial charge is 0.496 e. The molecule has 2 aromatic carbocycles. The molecule has 1 aliphatic rings. The fraction of sp³-hybridized carbons (Fsp3) is 0.375. The van der Waals surface area contributed by atoms with Gasteiger partial charge in [0.05, 0.1) is 13.2 Å². The van der Waals surface area contributed by atoms with Crippen molar-refractivity contribution in [1.29, 1.82) is 0 Å². The maximum atomic E-state index is 12.3. The van der Waals surface area contributed by atoms with E-state index in [1.54, 1.807) is 19.3 Å². The second-order valence-electron chi connectivity index (χ2n) is 7.59. The lowest BCUT2D eigenvalue weighted by Crippen LogP contribution is -2.34. The van der Waals surface area contributed by atoms with Gasteiger partial charge in [0.2, 0.25) is 5.91 Å². The van der Waals surface area contributed by atoms with Gasteiger partial charge in [-0.2, -0.15) is 0 Å². The molecule has 0 radical (unpaired) electrons. The smallest absolute Gasteiger partial charge is 0.244 e. The van der Waals surface area contributed by atoms with Crippen molar-refractivity contribution in [2.75, 3.05) is 25.1 Å². The number of hydrogen-bond donors (Lipinski definition) is 1. The van der Waals surface area contributed by atoms with Gasteiger partial charge < -0.3 is 15.0 Å². The van der Waals surface area contributed by atoms with Gasteiger partial charge in [-0.1, -0.05) is 37.3 Å². The number of rotatable bonds is 6. The van der Waals surface area contributed by atoms with Crippen LogP contribution in [-0.2, 0) is 4.79 Å². The molecule has 1 amide bonds. The average molecular weight is 379 g/mol. The van der Waals surface area contributed by atoms with E-state index >= 15 is 0 Å². The number of piperidine rings is 1. The van der Waals surface area contributed by atoms with Crippen molar-refractivity contribution < 1.29 is 9.53 Å². The zero-order valence-corrected chi connectivity index (χ0v) is 17.0. The molecule has 4 heteroatoms. The average Bonchev–Trinajstić information content (AvgIpc) is 2.72. The van der Waals surface area contributed by atoms with Crippen LogP contribution in [0.3, 0.4) is 0 Å². The van der Waals surface area contributed by atoms with Crippen molar-refractivity contribution in [3.63, 3.8) is 0 Å². The van der Waals surface area contributed by atoms with Crippen LogP contribution in [0.2, 0.25) is 0 Å². The van der Waals surface area contributed by atoms with Gasteiger partial charge in [-0.15, -0.1) is 0 Å². The lowest BCUT2D eigenvalue weighted by Gasteiger charge is -2.33. The fourth-order valence-corrected chi connectivity index (χ4v) is 3.71. The van der Waals surface area contributed by atoms with Crippen LogP contribution in [0.4, 0.5) is 5.69 Å². The second kappa shape index (κ2) is 9.45. The van der Waals surface area contributed by atoms with Gasteiger partial charge in [-0.3, -0.25) is 4.79 Å². The van der Waals surface area contributed by atoms with Crippen LogP contribution in [0.25, 0.3) is 6.08 Å². The molecular weight excluding hydrogens is 348 g/mol. The quantitative estimate of drug-likeness (QED) is 0.733. The van der Waals surface area contributed by atoms with E-state index < -0.39 is 0 Å². The SMILES string of the molecule is COc1ccccc1/C=C/C(=O)N[C@H](C)c1ccc(N2CCC[C@@H](C)C2)cc1. The molecule has 0 saturated carbocycles. The third kappa shape index (κ3) is 5.16. The fourth-order valence-electron chi connectivity index (χ4n) is 3.71. The molecule has 1 fully saturated rings. The normalized spacial score (nSPS) is 18.1. The van der Waals surface area contributed by atoms with Gasteiger partial charge in [0, 0.05) is 30.4 Å². The first-order chi connectivity index (χ1) is 13.6. The molecule has 28 heavy (non-hydrogen) atoms. The highest BCUT2D eigenvalue weighted by atomic mass is 16.5. The van der Waals surface area contributed by atoms with Crippen molar-refractivity contribution in [1.82, 2.24) is 5.32 Å². The first-order valence-electron chi connectivity index (χ1n) is 10.0. The van der Waals surface area contributed by atoms with E-state index in [4.69, 9.17) is 4.74 Å². The summed E-state index contributed by atoms with van der Waals surface area (Å²) < 4.78 is 5.31. The van der Waals surface area contributed by atoms with Crippen LogP contribution in [-0.4, -0.2) is 26.1 Å². The van der Waals surface area contributed by atoms with E-state index in [1.807, 2.05) is 31.2 Å². The Morgan fingerprint density at radius 1 is 1.21 bits per heavy atom. The lowest BCUT2D eigenvalue weighted by atomic mass is 9.99. The number of anilines is 1. The number of carbonyl (C=O) groups excluding carboxylic acids is 1. The lowest BCUT2D eigenvalue weighted by molar-refractivity contribution is -0.117. The summed E-state index contributed by atoms with van der Waals surface area (Å²) in [7, 11) is 1.63. The molecule has 2 atom stereocenters. The molecule has 4 nitrogen and oxygen atoms in total. The van der Waals surface area contributed by atoms with Gasteiger partial charge in [0.1, 0.15) is 5.75 Å². The van der Waals surface area contributed by atoms with Crippen LogP contribution < -0.4 is 15.0 Å². The van der Waals surface area contributed by atoms with Crippen LogP contribution in [0.1, 0.15) is 43.9 Å². The van der Waals surface area contributed by atoms with Crippen molar-refractivity contribution in [3.05, 3.63) is 65.7 Å². The zero-order chi connectivity index (χ0) is 19.9. The number of nitrogens with one attached hydrogen (secondary N) is 1. The molecule has 0 aliphatic carbocycles. The van der Waals surface area contributed by atoms with Crippen LogP contribution in [0, 0.1) is 5.92 Å². The van der Waals surface area contributed by atoms with E-state index in [9.17, 15) is 4.79 Å². The first-order valence-corrected chi connectivity index (χ1v) is 10.0. The second-order valence-corrected chi connectivity index (χ2v) is 7.59. The highest BCUT2D eigenvalue weighted by Crippen LogP contribution is 2.24. The number of nitrogens with zero attached hydrogens (tertiary/aromatic N) is 1. The third-order valence-electron chi connectivity index (χ3n) is 5.33. The Morgan fingerprint density at radius 3 is 2.68 bits per heavy atom. The number of carbonyl (C=O) groups is 1. The molecule has 0 aromatic heterocycles. The van der Waals surface area contributed by atoms with Crippen LogP contribution in [0.15, 0.2) is 54.6 Å². The predicted molar refractivity (Wildman–Crippen MR) is 116 cm³/mol. The van der Waals surface area contributed by atoms with E-state index in [1.165, 1.54) is 18.5 Å². The topological polar surface area (TPSA) is 41.6 Å². The van der Waals surface area contributed by atoms with Crippen molar-refractivity contribution in [2.24, 2.45) is 5.92 Å². The minimum Gasteiger partial charge on any atom is -0.496 e. The Kier molecular flexibility index (Phi) is 6.75. The Bertz CT molecular complexity index is 814. The van der Waals surface area contributed by atoms with Crippen molar-refractivity contribution >= 4 is 17.7 Å². The van der Waals surface area contributed by atoms with E-state index in [2.05, 4.69) is 41.4 Å². The van der Waals surface area contributed by atoms with Crippen LogP contribution >= 0.6 is 0 Å². The minimum absolute atomic E-state index is 0.0517. The summed E-state index contributed by atoms with van der Waals surface area (Å²) in [5, 5.41) is 3.03. The number of benzene rings is 2. The molecule has 1 heterocycles. The summed E-state index contributed by atoms with van der Waals surface area (Å²) in [5.41, 5.74) is 3.26. The minimum atomic E-state index is -0.118. The molecule has 3 rings (SSSR count). The zero-order valence-electron chi connectivity index (χ0n) is 17.0. The summed E-state index contributed by atoms with van der Waals surface area (Å²) in [4.78, 5) is 14.8. The van der Waals surface area contributed by atoms with Crippen molar-refractivity contribution in [2.45, 2.75) is 32.7 Å². The van der Waals surface area contributed by atoms with Gasteiger partial charge in [-0.25, -0.2) is 0 Å². The Balaban J connectivity index is 1.58. The number of hydrogen-bond acceptors (Lipinski definition) is 3. The van der Waals surface area contributed by atoms with E-state index in [-0.39, 0.29) is 11.9 Å². The molecule has 1 saturated heterocycles. The number of para-hydroxylation sites is 1. The number of methoxy groups -OCH3 is 1. The Labute approximate surface area is 168 Å². The standard InChI is InChI=1S/C24H30N2O2/c1-18-7-6-16-26(17-18)22-13-10-20(11-14-22)19(2)25-24(27)15-12-21-8-4-5-9-23(21)28-3/h4-5,8-15,18-19H,6-7,16-17H2,1-3H3,(H,25,27)/b15-12+/t18-,19-/m1/s1. The molecule has 1 N–H and O–H groups in total. The third-order valence-corrected chi connectivity index (χ3v) is 5.33. The Morgan fingerprint density at radius 2 is 1.96 bits per heavy atom. The van der Waals surface area contributed by atoms with E-state index in [0.29, 0.717) is 0 Å². The van der Waals surface area contributed by atoms with Gasteiger partial charge >= 0.3 is 0 Å². The summed E-state index contributed by atoms with van der Waals surface area (Å²) in [6, 6.07) is 16.1. The van der Waals surface area contributed by atoms with E-state index in [0.717, 1.165) is 35.9 Å². The highest BCUT2D eigenvalue weighted by molar-refractivity contribution is 5.92. The molecule has 0 unspecified atom stereocenters. The maximum absolute atomic E-state index is 12.3. The molecule has 0 bridgehead atoms. The molecule has 1 aliphatic heterocycles. The first kappa shape index (κ1) is 20.0. The summed E-state index contributed by atoms with van der Waals surface area (Å²) in [5.74, 6) is 1.39. The van der Waals surface area contributed by atoms with Crippen LogP contribution in [0.5, 0.6) is 5.75 Å². The molecule has 0 spiro atoms. The number of ether oxygens (including phenoxy) is 1.